The van der Waals surface area contributed by atoms with Gasteiger partial charge in [0.05, 0.1) is 17.2 Å². The van der Waals surface area contributed by atoms with Gasteiger partial charge < -0.3 is 5.32 Å². The number of nitrogens with zero attached hydrogens (tertiary/aromatic N) is 1. The number of carbonyl (C=O) groups excluding carboxylic acids is 1. The van der Waals surface area contributed by atoms with Crippen LogP contribution in [0.25, 0.3) is 0 Å². The molecular weight excluding hydrogens is 288 g/mol. The van der Waals surface area contributed by atoms with Crippen LogP contribution < -0.4 is 5.32 Å². The number of aromatic nitrogens is 1. The van der Waals surface area contributed by atoms with Crippen molar-refractivity contribution < 1.29 is 4.79 Å². The van der Waals surface area contributed by atoms with E-state index in [2.05, 4.69) is 27.8 Å². The molecule has 1 saturated carbocycles. The second kappa shape index (κ2) is 6.06. The van der Waals surface area contributed by atoms with E-state index in [-0.39, 0.29) is 11.9 Å². The van der Waals surface area contributed by atoms with Crippen molar-refractivity contribution in [2.45, 2.75) is 38.6 Å². The van der Waals surface area contributed by atoms with Crippen LogP contribution in [0.5, 0.6) is 0 Å². The summed E-state index contributed by atoms with van der Waals surface area (Å²) >= 11 is 3.15. The van der Waals surface area contributed by atoms with Gasteiger partial charge in [-0.15, -0.1) is 22.7 Å². The lowest BCUT2D eigenvalue weighted by Gasteiger charge is -2.23. The zero-order valence-corrected chi connectivity index (χ0v) is 13.1. The zero-order valence-electron chi connectivity index (χ0n) is 11.5. The van der Waals surface area contributed by atoms with Crippen LogP contribution in [-0.4, -0.2) is 10.9 Å². The standard InChI is InChI=1S/C15H18N2OS2/c1-10-14(20-9-16-10)15(18)17-13(11-5-2-3-6-11)12-7-4-8-19-12/h4,7-9,11,13H,2-3,5-6H2,1H3,(H,17,18)/t13-/m0/s1. The third-order valence-electron chi connectivity index (χ3n) is 3.96. The topological polar surface area (TPSA) is 42.0 Å². The maximum Gasteiger partial charge on any atom is 0.263 e. The van der Waals surface area contributed by atoms with Gasteiger partial charge in [-0.05, 0) is 37.1 Å². The van der Waals surface area contributed by atoms with Crippen molar-refractivity contribution in [3.8, 4) is 0 Å². The number of hydrogen-bond acceptors (Lipinski definition) is 4. The van der Waals surface area contributed by atoms with Crippen molar-refractivity contribution in [2.24, 2.45) is 5.92 Å². The SMILES string of the molecule is Cc1ncsc1C(=O)N[C@H](c1cccs1)C1CCCC1. The molecule has 1 aliphatic carbocycles. The molecular formula is C15H18N2OS2. The van der Waals surface area contributed by atoms with Gasteiger partial charge in [-0.25, -0.2) is 4.98 Å². The minimum absolute atomic E-state index is 0.0234. The van der Waals surface area contributed by atoms with Gasteiger partial charge in [0.1, 0.15) is 4.88 Å². The summed E-state index contributed by atoms with van der Waals surface area (Å²) in [6, 6.07) is 4.35. The lowest BCUT2D eigenvalue weighted by atomic mass is 9.96. The molecule has 0 aliphatic heterocycles. The monoisotopic (exact) mass is 306 g/mol. The second-order valence-electron chi connectivity index (χ2n) is 5.28. The number of thiophene rings is 1. The Morgan fingerprint density at radius 3 is 2.80 bits per heavy atom. The van der Waals surface area contributed by atoms with E-state index in [4.69, 9.17) is 0 Å². The number of carbonyl (C=O) groups is 1. The average molecular weight is 306 g/mol. The number of rotatable bonds is 4. The molecule has 0 aromatic carbocycles. The molecule has 20 heavy (non-hydrogen) atoms. The Morgan fingerprint density at radius 1 is 1.40 bits per heavy atom. The Labute approximate surface area is 127 Å². The normalized spacial score (nSPS) is 17.2. The molecule has 0 spiro atoms. The van der Waals surface area contributed by atoms with E-state index in [9.17, 15) is 4.79 Å². The minimum atomic E-state index is 0.0234. The molecule has 2 aromatic heterocycles. The fraction of sp³-hybridized carbons (Fsp3) is 0.467. The van der Waals surface area contributed by atoms with Crippen molar-refractivity contribution in [1.82, 2.24) is 10.3 Å². The second-order valence-corrected chi connectivity index (χ2v) is 7.11. The number of nitrogens with one attached hydrogen (secondary N) is 1. The molecule has 2 heterocycles. The molecule has 5 heteroatoms. The van der Waals surface area contributed by atoms with E-state index < -0.39 is 0 Å². The number of amides is 1. The molecule has 1 N–H and O–H groups in total. The predicted octanol–water partition coefficient (Wildman–Crippen LogP) is 4.17. The summed E-state index contributed by atoms with van der Waals surface area (Å²) in [7, 11) is 0. The molecule has 3 rings (SSSR count). The van der Waals surface area contributed by atoms with Gasteiger partial charge in [0.15, 0.2) is 0 Å². The summed E-state index contributed by atoms with van der Waals surface area (Å²) in [6.45, 7) is 1.89. The van der Waals surface area contributed by atoms with E-state index in [0.29, 0.717) is 5.92 Å². The van der Waals surface area contributed by atoms with E-state index in [1.54, 1.807) is 16.8 Å². The molecule has 0 bridgehead atoms. The van der Waals surface area contributed by atoms with Gasteiger partial charge in [-0.3, -0.25) is 4.79 Å². The lowest BCUT2D eigenvalue weighted by molar-refractivity contribution is 0.0926. The summed E-state index contributed by atoms with van der Waals surface area (Å²) in [5.41, 5.74) is 2.56. The smallest absolute Gasteiger partial charge is 0.263 e. The number of thiazole rings is 1. The average Bonchev–Trinajstić information content (AvgIpc) is 3.18. The summed E-state index contributed by atoms with van der Waals surface area (Å²) in [5.74, 6) is 0.598. The van der Waals surface area contributed by atoms with Crippen molar-refractivity contribution in [3.63, 3.8) is 0 Å². The highest BCUT2D eigenvalue weighted by Crippen LogP contribution is 2.37. The van der Waals surface area contributed by atoms with Crippen molar-refractivity contribution in [3.05, 3.63) is 38.5 Å². The van der Waals surface area contributed by atoms with Crippen molar-refractivity contribution in [2.75, 3.05) is 0 Å². The molecule has 1 fully saturated rings. The highest BCUT2D eigenvalue weighted by Gasteiger charge is 2.29. The fourth-order valence-electron chi connectivity index (χ4n) is 2.91. The summed E-state index contributed by atoms with van der Waals surface area (Å²) in [4.78, 5) is 18.6. The first-order chi connectivity index (χ1) is 9.75. The van der Waals surface area contributed by atoms with Gasteiger partial charge in [0, 0.05) is 4.88 Å². The van der Waals surface area contributed by atoms with E-state index in [1.165, 1.54) is 41.9 Å². The van der Waals surface area contributed by atoms with Gasteiger partial charge in [0.25, 0.3) is 5.91 Å². The molecule has 0 radical (unpaired) electrons. The summed E-state index contributed by atoms with van der Waals surface area (Å²) in [5, 5.41) is 5.33. The van der Waals surface area contributed by atoms with Gasteiger partial charge in [0.2, 0.25) is 0 Å². The minimum Gasteiger partial charge on any atom is -0.343 e. The van der Waals surface area contributed by atoms with Crippen LogP contribution in [0.3, 0.4) is 0 Å². The molecule has 2 aromatic rings. The molecule has 3 nitrogen and oxygen atoms in total. The molecule has 1 aliphatic rings. The third-order valence-corrected chi connectivity index (χ3v) is 5.84. The highest BCUT2D eigenvalue weighted by molar-refractivity contribution is 7.12. The maximum atomic E-state index is 12.5. The van der Waals surface area contributed by atoms with Crippen molar-refractivity contribution in [1.29, 1.82) is 0 Å². The number of hydrogen-bond donors (Lipinski definition) is 1. The lowest BCUT2D eigenvalue weighted by Crippen LogP contribution is -2.32. The molecule has 106 valence electrons. The van der Waals surface area contributed by atoms with Crippen LogP contribution in [0.4, 0.5) is 0 Å². The quantitative estimate of drug-likeness (QED) is 0.921. The Morgan fingerprint density at radius 2 is 2.20 bits per heavy atom. The molecule has 0 saturated heterocycles. The highest BCUT2D eigenvalue weighted by atomic mass is 32.1. The summed E-state index contributed by atoms with van der Waals surface area (Å²) < 4.78 is 0. The van der Waals surface area contributed by atoms with Crippen LogP contribution in [0.2, 0.25) is 0 Å². The first-order valence-electron chi connectivity index (χ1n) is 7.00. The Hall–Kier alpha value is -1.20. The first-order valence-corrected chi connectivity index (χ1v) is 8.76. The van der Waals surface area contributed by atoms with Gasteiger partial charge >= 0.3 is 0 Å². The van der Waals surface area contributed by atoms with Crippen LogP contribution in [0, 0.1) is 12.8 Å². The maximum absolute atomic E-state index is 12.5. The van der Waals surface area contributed by atoms with Gasteiger partial charge in [-0.2, -0.15) is 0 Å². The predicted molar refractivity (Wildman–Crippen MR) is 83.3 cm³/mol. The summed E-state index contributed by atoms with van der Waals surface area (Å²) in [6.07, 6.45) is 4.99. The van der Waals surface area contributed by atoms with Crippen LogP contribution in [0.1, 0.15) is 52.0 Å². The largest absolute Gasteiger partial charge is 0.343 e. The van der Waals surface area contributed by atoms with Crippen LogP contribution in [-0.2, 0) is 0 Å². The zero-order chi connectivity index (χ0) is 13.9. The molecule has 1 amide bonds. The first kappa shape index (κ1) is 13.8. The van der Waals surface area contributed by atoms with Crippen molar-refractivity contribution >= 4 is 28.6 Å². The van der Waals surface area contributed by atoms with Crippen LogP contribution in [0.15, 0.2) is 23.0 Å². The molecule has 1 atom stereocenters. The molecule has 0 unspecified atom stereocenters. The fourth-order valence-corrected chi connectivity index (χ4v) is 4.48. The van der Waals surface area contributed by atoms with E-state index in [0.717, 1.165) is 10.6 Å². The third kappa shape index (κ3) is 2.79. The van der Waals surface area contributed by atoms with Gasteiger partial charge in [-0.1, -0.05) is 18.9 Å². The van der Waals surface area contributed by atoms with E-state index in [1.807, 2.05) is 6.92 Å². The Bertz CT molecular complexity index is 570. The van der Waals surface area contributed by atoms with E-state index >= 15 is 0 Å². The van der Waals surface area contributed by atoms with Crippen LogP contribution >= 0.6 is 22.7 Å². The Kier molecular flexibility index (Phi) is 4.17. The Balaban J connectivity index is 1.80. The number of aryl methyl sites for hydroxylation is 1.